The van der Waals surface area contributed by atoms with Crippen molar-refractivity contribution in [2.45, 2.75) is 113 Å². The fourth-order valence-corrected chi connectivity index (χ4v) is 4.04. The van der Waals surface area contributed by atoms with Gasteiger partial charge in [-0.2, -0.15) is 0 Å². The van der Waals surface area contributed by atoms with Gasteiger partial charge in [-0.1, -0.05) is 123 Å². The smallest absolute Gasteiger partial charge is 0.140 e. The van der Waals surface area contributed by atoms with E-state index in [0.29, 0.717) is 5.92 Å². The first-order valence-electron chi connectivity index (χ1n) is 18.2. The summed E-state index contributed by atoms with van der Waals surface area (Å²) in [5.41, 5.74) is 5.66. The van der Waals surface area contributed by atoms with E-state index in [0.717, 1.165) is 54.5 Å². The fraction of sp³-hybridized carbons (Fsp3) is 0.500. The predicted molar refractivity (Wildman–Crippen MR) is 212 cm³/mol. The van der Waals surface area contributed by atoms with E-state index in [4.69, 9.17) is 5.11 Å². The maximum absolute atomic E-state index is 9.98. The van der Waals surface area contributed by atoms with Gasteiger partial charge < -0.3 is 20.2 Å². The normalized spacial score (nSPS) is 12.6. The number of allylic oxidation sites excluding steroid dienone is 8. The van der Waals surface area contributed by atoms with Crippen LogP contribution < -0.4 is 5.32 Å². The monoisotopic (exact) mass is 661 g/mol. The molecule has 5 rings (SSSR count). The van der Waals surface area contributed by atoms with Crippen molar-refractivity contribution in [1.82, 2.24) is 20.3 Å². The van der Waals surface area contributed by atoms with Crippen molar-refractivity contribution in [2.24, 2.45) is 5.92 Å². The van der Waals surface area contributed by atoms with Crippen LogP contribution in [0, 0.1) is 5.92 Å². The SMILES string of the molecule is C1=CCC(c2ccc3nc(-c4cccnc4)[nH]c3c2)=C1.C1=CCCC=CC1.CC.CCC.CCCCC(C)CC=O.CCNC.CCO. The lowest BCUT2D eigenvalue weighted by Crippen LogP contribution is -2.01. The lowest BCUT2D eigenvalue weighted by Gasteiger charge is -2.03. The Kier molecular flexibility index (Phi) is 33.6. The Labute approximate surface area is 294 Å². The highest BCUT2D eigenvalue weighted by molar-refractivity contribution is 5.84. The molecule has 1 unspecified atom stereocenters. The average Bonchev–Trinajstić information content (AvgIpc) is 3.72. The number of H-pyrrole nitrogens is 1. The molecule has 2 aromatic heterocycles. The van der Waals surface area contributed by atoms with Gasteiger partial charge in [0.05, 0.1) is 11.0 Å². The van der Waals surface area contributed by atoms with Crippen molar-refractivity contribution in [2.75, 3.05) is 20.2 Å². The van der Waals surface area contributed by atoms with E-state index in [-0.39, 0.29) is 6.61 Å². The molecule has 3 aromatic rings. The number of aromatic amines is 1. The number of benzene rings is 1. The number of nitrogens with one attached hydrogen (secondary N) is 2. The molecule has 1 atom stereocenters. The Balaban J connectivity index is 0. The third-order valence-corrected chi connectivity index (χ3v) is 6.57. The van der Waals surface area contributed by atoms with Crippen LogP contribution in [0.4, 0.5) is 0 Å². The Hall–Kier alpha value is -3.61. The fourth-order valence-electron chi connectivity index (χ4n) is 4.04. The summed E-state index contributed by atoms with van der Waals surface area (Å²) in [6.45, 7) is 17.6. The lowest BCUT2D eigenvalue weighted by atomic mass is 10.0. The van der Waals surface area contributed by atoms with E-state index in [1.165, 1.54) is 49.7 Å². The highest BCUT2D eigenvalue weighted by Crippen LogP contribution is 2.27. The minimum Gasteiger partial charge on any atom is -0.397 e. The molecule has 0 bridgehead atoms. The van der Waals surface area contributed by atoms with E-state index < -0.39 is 0 Å². The van der Waals surface area contributed by atoms with Crippen LogP contribution in [0.15, 0.2) is 85.3 Å². The molecule has 1 aromatic carbocycles. The van der Waals surface area contributed by atoms with Gasteiger partial charge in [0.2, 0.25) is 0 Å². The molecule has 3 N–H and O–H groups in total. The van der Waals surface area contributed by atoms with Gasteiger partial charge in [0, 0.05) is 31.0 Å². The third kappa shape index (κ3) is 23.7. The number of rotatable bonds is 8. The predicted octanol–water partition coefficient (Wildman–Crippen LogP) is 11.3. The number of aldehydes is 1. The summed E-state index contributed by atoms with van der Waals surface area (Å²) in [5, 5.41) is 10.5. The number of aliphatic hydroxyl groups excluding tert-OH is 1. The van der Waals surface area contributed by atoms with E-state index in [9.17, 15) is 4.79 Å². The van der Waals surface area contributed by atoms with Crippen LogP contribution in [0.5, 0.6) is 0 Å². The van der Waals surface area contributed by atoms with Crippen molar-refractivity contribution in [1.29, 1.82) is 0 Å². The van der Waals surface area contributed by atoms with Gasteiger partial charge >= 0.3 is 0 Å². The third-order valence-electron chi connectivity index (χ3n) is 6.57. The number of aliphatic hydroxyl groups is 1. The van der Waals surface area contributed by atoms with Crippen molar-refractivity contribution < 1.29 is 9.90 Å². The molecular weight excluding hydrogens is 592 g/mol. The van der Waals surface area contributed by atoms with Crippen LogP contribution in [0.3, 0.4) is 0 Å². The molecule has 2 aliphatic rings. The highest BCUT2D eigenvalue weighted by atomic mass is 16.2. The molecule has 0 aliphatic heterocycles. The van der Waals surface area contributed by atoms with Crippen LogP contribution >= 0.6 is 0 Å². The zero-order valence-corrected chi connectivity index (χ0v) is 31.8. The minimum atomic E-state index is 0.250. The molecule has 2 aliphatic carbocycles. The molecule has 48 heavy (non-hydrogen) atoms. The summed E-state index contributed by atoms with van der Waals surface area (Å²) in [6, 6.07) is 10.3. The second-order valence-corrected chi connectivity index (χ2v) is 11.0. The summed E-state index contributed by atoms with van der Waals surface area (Å²) in [4.78, 5) is 22.1. The number of aromatic nitrogens is 3. The van der Waals surface area contributed by atoms with Crippen molar-refractivity contribution in [3.05, 3.63) is 90.8 Å². The first kappa shape index (κ1) is 46.5. The van der Waals surface area contributed by atoms with Gasteiger partial charge in [0.15, 0.2) is 0 Å². The van der Waals surface area contributed by atoms with Crippen LogP contribution in [0.25, 0.3) is 28.0 Å². The molecule has 268 valence electrons. The molecule has 0 spiro atoms. The zero-order valence-electron chi connectivity index (χ0n) is 31.8. The number of carbonyl (C=O) groups excluding carboxylic acids is 1. The number of unbranched alkanes of at least 4 members (excludes halogenated alkanes) is 1. The number of imidazole rings is 1. The first-order chi connectivity index (χ1) is 23.4. The van der Waals surface area contributed by atoms with Gasteiger partial charge in [0.1, 0.15) is 12.1 Å². The largest absolute Gasteiger partial charge is 0.397 e. The van der Waals surface area contributed by atoms with Gasteiger partial charge in [-0.05, 0) is 87.5 Å². The average molecular weight is 661 g/mol. The Bertz CT molecular complexity index is 1240. The molecule has 0 saturated carbocycles. The van der Waals surface area contributed by atoms with Crippen molar-refractivity contribution >= 4 is 22.9 Å². The molecule has 0 radical (unpaired) electrons. The zero-order chi connectivity index (χ0) is 36.3. The Morgan fingerprint density at radius 1 is 0.979 bits per heavy atom. The summed E-state index contributed by atoms with van der Waals surface area (Å²) in [6.07, 6.45) is 30.2. The summed E-state index contributed by atoms with van der Waals surface area (Å²) in [7, 11) is 1.93. The topological polar surface area (TPSA) is 90.9 Å². The first-order valence-corrected chi connectivity index (χ1v) is 18.2. The van der Waals surface area contributed by atoms with E-state index in [1.54, 1.807) is 13.1 Å². The number of hydrogen-bond donors (Lipinski definition) is 3. The summed E-state index contributed by atoms with van der Waals surface area (Å²) in [5.74, 6) is 1.46. The van der Waals surface area contributed by atoms with Crippen LogP contribution in [0.2, 0.25) is 0 Å². The number of nitrogens with zero attached hydrogens (tertiary/aromatic N) is 2. The Morgan fingerprint density at radius 2 is 1.62 bits per heavy atom. The molecule has 6 nitrogen and oxygen atoms in total. The molecule has 0 amide bonds. The second-order valence-electron chi connectivity index (χ2n) is 11.0. The quantitative estimate of drug-likeness (QED) is 0.165. The highest BCUT2D eigenvalue weighted by Gasteiger charge is 2.08. The maximum Gasteiger partial charge on any atom is 0.140 e. The number of pyridine rings is 1. The van der Waals surface area contributed by atoms with E-state index >= 15 is 0 Å². The second kappa shape index (κ2) is 34.7. The van der Waals surface area contributed by atoms with Crippen LogP contribution in [-0.2, 0) is 4.79 Å². The standard InChI is InChI=1S/C17H13N3.C8H16O.C7H10.C3H9N.C3H8.C2H6O.C2H6/c1-2-5-12(4-1)13-7-8-15-16(10-13)20-17(19-15)14-6-3-9-18-11-14;1-3-4-5-8(2)6-7-9;1-2-4-6-7-5-3-1;1-3-4-2;1-3-2;1-2-3;1-2/h1-4,6-11H,5H2,(H,19,20);7-8H,3-6H2,1-2H3;1-2,5,7H,3-4,6H2;4H,3H2,1-2H3;3H2,1-2H3;3H,2H2,1H3;1-2H3. The molecule has 6 heteroatoms. The summed E-state index contributed by atoms with van der Waals surface area (Å²) < 4.78 is 0. The lowest BCUT2D eigenvalue weighted by molar-refractivity contribution is -0.108. The van der Waals surface area contributed by atoms with Gasteiger partial charge in [-0.15, -0.1) is 0 Å². The molecular formula is C42H68N4O2. The van der Waals surface area contributed by atoms with Crippen molar-refractivity contribution in [3.8, 4) is 11.4 Å². The molecule has 2 heterocycles. The van der Waals surface area contributed by atoms with Crippen LogP contribution in [0.1, 0.15) is 119 Å². The summed E-state index contributed by atoms with van der Waals surface area (Å²) >= 11 is 0. The number of carbonyl (C=O) groups is 1. The van der Waals surface area contributed by atoms with Gasteiger partial charge in [-0.3, -0.25) is 4.98 Å². The number of hydrogen-bond acceptors (Lipinski definition) is 5. The minimum absolute atomic E-state index is 0.250. The van der Waals surface area contributed by atoms with Crippen LogP contribution in [-0.4, -0.2) is 46.5 Å². The van der Waals surface area contributed by atoms with E-state index in [1.807, 2.05) is 39.2 Å². The van der Waals surface area contributed by atoms with E-state index in [2.05, 4.69) is 116 Å². The van der Waals surface area contributed by atoms with Gasteiger partial charge in [0.25, 0.3) is 0 Å². The molecule has 0 fully saturated rings. The van der Waals surface area contributed by atoms with Gasteiger partial charge in [-0.25, -0.2) is 4.98 Å². The molecule has 0 saturated heterocycles. The number of fused-ring (bicyclic) bond motifs is 1. The Morgan fingerprint density at radius 3 is 2.12 bits per heavy atom. The maximum atomic E-state index is 9.98. The van der Waals surface area contributed by atoms with Crippen molar-refractivity contribution in [3.63, 3.8) is 0 Å².